The van der Waals surface area contributed by atoms with Crippen molar-refractivity contribution >= 4 is 0 Å². The Morgan fingerprint density at radius 1 is 1.57 bits per heavy atom. The van der Waals surface area contributed by atoms with Crippen molar-refractivity contribution in [2.24, 2.45) is 0 Å². The summed E-state index contributed by atoms with van der Waals surface area (Å²) in [5.41, 5.74) is 1.51. The lowest BCUT2D eigenvalue weighted by molar-refractivity contribution is 0.388. The average molecular weight is 192 g/mol. The maximum Gasteiger partial charge on any atom is 0.216 e. The molecule has 0 atom stereocenters. The zero-order valence-electron chi connectivity index (χ0n) is 8.71. The Morgan fingerprint density at radius 2 is 2.36 bits per heavy atom. The Bertz CT molecular complexity index is 321. The van der Waals surface area contributed by atoms with Crippen molar-refractivity contribution in [3.05, 3.63) is 23.9 Å². The molecule has 1 aromatic rings. The van der Waals surface area contributed by atoms with E-state index in [4.69, 9.17) is 4.74 Å². The fourth-order valence-electron chi connectivity index (χ4n) is 1.77. The molecular formula is C11H16N2O. The third-order valence-corrected chi connectivity index (χ3v) is 2.96. The zero-order chi connectivity index (χ0) is 10.0. The van der Waals surface area contributed by atoms with Gasteiger partial charge in [-0.15, -0.1) is 0 Å². The lowest BCUT2D eigenvalue weighted by atomic mass is 10.1. The van der Waals surface area contributed by atoms with Gasteiger partial charge in [0.2, 0.25) is 5.88 Å². The number of aromatic nitrogens is 1. The first-order valence-corrected chi connectivity index (χ1v) is 4.96. The minimum absolute atomic E-state index is 0.316. The van der Waals surface area contributed by atoms with Crippen LogP contribution in [0.3, 0.4) is 0 Å². The molecule has 14 heavy (non-hydrogen) atoms. The molecule has 0 unspecified atom stereocenters. The van der Waals surface area contributed by atoms with E-state index in [0.29, 0.717) is 5.54 Å². The van der Waals surface area contributed by atoms with Crippen molar-refractivity contribution in [2.45, 2.75) is 24.8 Å². The van der Waals surface area contributed by atoms with Gasteiger partial charge in [0, 0.05) is 17.3 Å². The average Bonchev–Trinajstić information content (AvgIpc) is 2.99. The van der Waals surface area contributed by atoms with Gasteiger partial charge in [-0.2, -0.15) is 0 Å². The monoisotopic (exact) mass is 192 g/mol. The lowest BCUT2D eigenvalue weighted by Gasteiger charge is -2.15. The van der Waals surface area contributed by atoms with Crippen LogP contribution in [0.25, 0.3) is 0 Å². The van der Waals surface area contributed by atoms with Crippen LogP contribution in [0.2, 0.25) is 0 Å². The third-order valence-electron chi connectivity index (χ3n) is 2.96. The Kier molecular flexibility index (Phi) is 2.42. The van der Waals surface area contributed by atoms with Crippen molar-refractivity contribution in [2.75, 3.05) is 14.2 Å². The Hall–Kier alpha value is -1.09. The SMILES string of the molecule is CNC1(Cc2cccnc2OC)CC1. The first kappa shape index (κ1) is 9.46. The van der Waals surface area contributed by atoms with Crippen LogP contribution in [0.15, 0.2) is 18.3 Å². The molecule has 0 aliphatic heterocycles. The number of rotatable bonds is 4. The highest BCUT2D eigenvalue weighted by Crippen LogP contribution is 2.39. The summed E-state index contributed by atoms with van der Waals surface area (Å²) < 4.78 is 5.22. The fourth-order valence-corrected chi connectivity index (χ4v) is 1.77. The minimum Gasteiger partial charge on any atom is -0.481 e. The second-order valence-corrected chi connectivity index (χ2v) is 3.88. The first-order valence-electron chi connectivity index (χ1n) is 4.96. The molecule has 3 nitrogen and oxygen atoms in total. The van der Waals surface area contributed by atoms with Crippen LogP contribution in [0, 0.1) is 0 Å². The molecule has 0 saturated heterocycles. The van der Waals surface area contributed by atoms with Crippen LogP contribution in [0.1, 0.15) is 18.4 Å². The van der Waals surface area contributed by atoms with Crippen molar-refractivity contribution < 1.29 is 4.74 Å². The molecule has 1 N–H and O–H groups in total. The number of methoxy groups -OCH3 is 1. The first-order chi connectivity index (χ1) is 6.79. The molecule has 0 amide bonds. The summed E-state index contributed by atoms with van der Waals surface area (Å²) in [5.74, 6) is 0.758. The summed E-state index contributed by atoms with van der Waals surface area (Å²) in [5, 5.41) is 3.37. The lowest BCUT2D eigenvalue weighted by Crippen LogP contribution is -2.29. The molecule has 0 aromatic carbocycles. The fraction of sp³-hybridized carbons (Fsp3) is 0.545. The van der Waals surface area contributed by atoms with Gasteiger partial charge in [0.25, 0.3) is 0 Å². The molecule has 0 bridgehead atoms. The zero-order valence-corrected chi connectivity index (χ0v) is 8.71. The maximum atomic E-state index is 5.22. The van der Waals surface area contributed by atoms with Gasteiger partial charge >= 0.3 is 0 Å². The number of likely N-dealkylation sites (N-methyl/N-ethyl adjacent to an activating group) is 1. The molecule has 0 radical (unpaired) electrons. The molecule has 1 heterocycles. The highest BCUT2D eigenvalue weighted by atomic mass is 16.5. The van der Waals surface area contributed by atoms with Crippen molar-refractivity contribution in [3.63, 3.8) is 0 Å². The van der Waals surface area contributed by atoms with Gasteiger partial charge in [0.05, 0.1) is 7.11 Å². The van der Waals surface area contributed by atoms with E-state index in [2.05, 4.69) is 16.4 Å². The smallest absolute Gasteiger partial charge is 0.216 e. The van der Waals surface area contributed by atoms with E-state index in [-0.39, 0.29) is 0 Å². The van der Waals surface area contributed by atoms with Crippen molar-refractivity contribution in [3.8, 4) is 5.88 Å². The van der Waals surface area contributed by atoms with E-state index in [1.807, 2.05) is 13.1 Å². The van der Waals surface area contributed by atoms with Crippen LogP contribution in [0.5, 0.6) is 5.88 Å². The quantitative estimate of drug-likeness (QED) is 0.782. The highest BCUT2D eigenvalue weighted by Gasteiger charge is 2.41. The van der Waals surface area contributed by atoms with Crippen LogP contribution >= 0.6 is 0 Å². The summed E-state index contributed by atoms with van der Waals surface area (Å²) in [6.07, 6.45) is 5.28. The number of nitrogens with zero attached hydrogens (tertiary/aromatic N) is 1. The predicted molar refractivity (Wildman–Crippen MR) is 55.5 cm³/mol. The van der Waals surface area contributed by atoms with E-state index in [1.165, 1.54) is 18.4 Å². The van der Waals surface area contributed by atoms with Gasteiger partial charge in [-0.05, 0) is 32.4 Å². The van der Waals surface area contributed by atoms with Gasteiger partial charge in [0.15, 0.2) is 0 Å². The minimum atomic E-state index is 0.316. The summed E-state index contributed by atoms with van der Waals surface area (Å²) in [6.45, 7) is 0. The largest absolute Gasteiger partial charge is 0.481 e. The number of ether oxygens (including phenoxy) is 1. The second kappa shape index (κ2) is 3.58. The molecule has 76 valence electrons. The molecule has 2 rings (SSSR count). The number of nitrogens with one attached hydrogen (secondary N) is 1. The summed E-state index contributed by atoms with van der Waals surface area (Å²) in [4.78, 5) is 4.19. The Balaban J connectivity index is 2.16. The van der Waals surface area contributed by atoms with E-state index >= 15 is 0 Å². The number of pyridine rings is 1. The van der Waals surface area contributed by atoms with Gasteiger partial charge in [0.1, 0.15) is 0 Å². The van der Waals surface area contributed by atoms with E-state index < -0.39 is 0 Å². The highest BCUT2D eigenvalue weighted by molar-refractivity contribution is 5.29. The Morgan fingerprint density at radius 3 is 2.93 bits per heavy atom. The van der Waals surface area contributed by atoms with Crippen LogP contribution < -0.4 is 10.1 Å². The van der Waals surface area contributed by atoms with Crippen LogP contribution in [0.4, 0.5) is 0 Å². The molecule has 1 saturated carbocycles. The third kappa shape index (κ3) is 1.73. The van der Waals surface area contributed by atoms with Crippen molar-refractivity contribution in [1.29, 1.82) is 0 Å². The number of hydrogen-bond donors (Lipinski definition) is 1. The molecule has 3 heteroatoms. The van der Waals surface area contributed by atoms with Crippen molar-refractivity contribution in [1.82, 2.24) is 10.3 Å². The molecule has 1 aliphatic rings. The summed E-state index contributed by atoms with van der Waals surface area (Å²) in [6, 6.07) is 4.05. The van der Waals surface area contributed by atoms with Gasteiger partial charge in [-0.25, -0.2) is 4.98 Å². The molecule has 1 aromatic heterocycles. The van der Waals surface area contributed by atoms with Crippen LogP contribution in [-0.2, 0) is 6.42 Å². The topological polar surface area (TPSA) is 34.2 Å². The predicted octanol–water partition coefficient (Wildman–Crippen LogP) is 1.38. The van der Waals surface area contributed by atoms with Gasteiger partial charge in [-0.3, -0.25) is 0 Å². The Labute approximate surface area is 84.5 Å². The maximum absolute atomic E-state index is 5.22. The normalized spacial score (nSPS) is 17.9. The summed E-state index contributed by atoms with van der Waals surface area (Å²) in [7, 11) is 3.70. The van der Waals surface area contributed by atoms with E-state index in [1.54, 1.807) is 13.3 Å². The van der Waals surface area contributed by atoms with E-state index in [0.717, 1.165) is 12.3 Å². The van der Waals surface area contributed by atoms with Gasteiger partial charge in [-0.1, -0.05) is 6.07 Å². The second-order valence-electron chi connectivity index (χ2n) is 3.88. The van der Waals surface area contributed by atoms with E-state index in [9.17, 15) is 0 Å². The molecular weight excluding hydrogens is 176 g/mol. The summed E-state index contributed by atoms with van der Waals surface area (Å²) >= 11 is 0. The molecule has 1 fully saturated rings. The standard InChI is InChI=1S/C11H16N2O/c1-12-11(5-6-11)8-9-4-3-7-13-10(9)14-2/h3-4,7,12H,5-6,8H2,1-2H3. The molecule has 1 aliphatic carbocycles. The molecule has 0 spiro atoms. The van der Waals surface area contributed by atoms with Gasteiger partial charge < -0.3 is 10.1 Å². The van der Waals surface area contributed by atoms with Crippen LogP contribution in [-0.4, -0.2) is 24.7 Å². The number of hydrogen-bond acceptors (Lipinski definition) is 3.